The first-order chi connectivity index (χ1) is 10.6. The van der Waals surface area contributed by atoms with Gasteiger partial charge in [0, 0.05) is 13.5 Å². The number of benzene rings is 1. The van der Waals surface area contributed by atoms with Gasteiger partial charge in [-0.15, -0.1) is 0 Å². The lowest BCUT2D eigenvalue weighted by atomic mass is 10.1. The van der Waals surface area contributed by atoms with E-state index in [0.29, 0.717) is 6.42 Å². The van der Waals surface area contributed by atoms with Crippen molar-refractivity contribution in [3.8, 4) is 0 Å². The van der Waals surface area contributed by atoms with Gasteiger partial charge in [-0.25, -0.2) is 4.79 Å². The number of likely N-dealkylation sites (N-methyl/N-ethyl adjacent to an activating group) is 1. The maximum atomic E-state index is 12.1. The molecule has 1 unspecified atom stereocenters. The summed E-state index contributed by atoms with van der Waals surface area (Å²) in [6.45, 7) is 1.74. The fourth-order valence-corrected chi connectivity index (χ4v) is 1.75. The highest BCUT2D eigenvalue weighted by Gasteiger charge is 2.22. The summed E-state index contributed by atoms with van der Waals surface area (Å²) in [7, 11) is 1.48. The predicted octanol–water partition coefficient (Wildman–Crippen LogP) is 0.206. The van der Waals surface area contributed by atoms with E-state index in [4.69, 9.17) is 4.74 Å². The largest absolute Gasteiger partial charge is 0.450 e. The van der Waals surface area contributed by atoms with Crippen LogP contribution in [0.4, 0.5) is 4.79 Å². The summed E-state index contributed by atoms with van der Waals surface area (Å²) in [5.74, 6) is -0.761. The normalized spacial score (nSPS) is 11.2. The lowest BCUT2D eigenvalue weighted by Gasteiger charge is -2.18. The summed E-state index contributed by atoms with van der Waals surface area (Å²) < 4.78 is 4.80. The van der Waals surface area contributed by atoms with Gasteiger partial charge in [0.05, 0.1) is 13.2 Å². The second-order valence-corrected chi connectivity index (χ2v) is 4.50. The monoisotopic (exact) mass is 307 g/mol. The Balaban J connectivity index is 2.70. The number of carbonyl (C=O) groups is 3. The summed E-state index contributed by atoms with van der Waals surface area (Å²) in [5.41, 5.74) is 0.888. The zero-order valence-electron chi connectivity index (χ0n) is 12.7. The Bertz CT molecular complexity index is 505. The predicted molar refractivity (Wildman–Crippen MR) is 81.2 cm³/mol. The van der Waals surface area contributed by atoms with Gasteiger partial charge in [-0.3, -0.25) is 9.59 Å². The molecule has 0 radical (unpaired) electrons. The number of hydrogen-bond acceptors (Lipinski definition) is 4. The van der Waals surface area contributed by atoms with Crippen molar-refractivity contribution < 1.29 is 19.1 Å². The molecule has 0 aliphatic rings. The van der Waals surface area contributed by atoms with Crippen molar-refractivity contribution in [2.24, 2.45) is 0 Å². The Morgan fingerprint density at radius 1 is 1.18 bits per heavy atom. The first kappa shape index (κ1) is 17.5. The minimum absolute atomic E-state index is 0.148. The molecule has 7 heteroatoms. The first-order valence-corrected chi connectivity index (χ1v) is 7.02. The Morgan fingerprint density at radius 2 is 1.86 bits per heavy atom. The molecule has 120 valence electrons. The Hall–Kier alpha value is -2.57. The molecule has 7 nitrogen and oxygen atoms in total. The van der Waals surface area contributed by atoms with Crippen molar-refractivity contribution >= 4 is 17.9 Å². The smallest absolute Gasteiger partial charge is 0.407 e. The average Bonchev–Trinajstić information content (AvgIpc) is 2.52. The van der Waals surface area contributed by atoms with Crippen LogP contribution in [-0.4, -0.2) is 44.1 Å². The maximum Gasteiger partial charge on any atom is 0.407 e. The summed E-state index contributed by atoms with van der Waals surface area (Å²) in [4.78, 5) is 34.9. The van der Waals surface area contributed by atoms with Crippen LogP contribution in [0, 0.1) is 0 Å². The van der Waals surface area contributed by atoms with Gasteiger partial charge in [0.15, 0.2) is 0 Å². The quantitative estimate of drug-likeness (QED) is 0.671. The molecule has 0 bridgehead atoms. The summed E-state index contributed by atoms with van der Waals surface area (Å²) >= 11 is 0. The van der Waals surface area contributed by atoms with Gasteiger partial charge >= 0.3 is 6.09 Å². The zero-order valence-corrected chi connectivity index (χ0v) is 12.7. The van der Waals surface area contributed by atoms with E-state index < -0.39 is 18.0 Å². The minimum Gasteiger partial charge on any atom is -0.450 e. The molecule has 0 fully saturated rings. The molecule has 3 amide bonds. The molecular weight excluding hydrogens is 286 g/mol. The third kappa shape index (κ3) is 6.25. The van der Waals surface area contributed by atoms with Crippen LogP contribution in [-0.2, 0) is 20.7 Å². The highest BCUT2D eigenvalue weighted by atomic mass is 16.5. The Labute approximate surface area is 129 Å². The van der Waals surface area contributed by atoms with E-state index in [2.05, 4.69) is 16.0 Å². The van der Waals surface area contributed by atoms with Crippen LogP contribution < -0.4 is 16.0 Å². The van der Waals surface area contributed by atoms with Crippen molar-refractivity contribution in [3.63, 3.8) is 0 Å². The van der Waals surface area contributed by atoms with Gasteiger partial charge in [-0.05, 0) is 12.5 Å². The molecule has 0 saturated carbocycles. The molecular formula is C15H21N3O4. The number of hydrogen-bond donors (Lipinski definition) is 3. The van der Waals surface area contributed by atoms with E-state index in [-0.39, 0.29) is 19.1 Å². The van der Waals surface area contributed by atoms with Crippen molar-refractivity contribution in [3.05, 3.63) is 35.9 Å². The molecule has 1 aromatic rings. The lowest BCUT2D eigenvalue weighted by molar-refractivity contribution is -0.127. The van der Waals surface area contributed by atoms with Gasteiger partial charge in [-0.1, -0.05) is 30.3 Å². The molecule has 1 aromatic carbocycles. The van der Waals surface area contributed by atoms with E-state index >= 15 is 0 Å². The number of amides is 3. The van der Waals surface area contributed by atoms with Crippen LogP contribution in [0.1, 0.15) is 12.5 Å². The minimum atomic E-state index is -0.814. The number of ether oxygens (including phenoxy) is 1. The topological polar surface area (TPSA) is 96.5 Å². The van der Waals surface area contributed by atoms with E-state index in [9.17, 15) is 14.4 Å². The van der Waals surface area contributed by atoms with E-state index in [1.165, 1.54) is 7.05 Å². The fourth-order valence-electron chi connectivity index (χ4n) is 1.75. The van der Waals surface area contributed by atoms with Gasteiger partial charge in [-0.2, -0.15) is 0 Å². The van der Waals surface area contributed by atoms with Crippen molar-refractivity contribution in [1.29, 1.82) is 0 Å². The molecule has 0 saturated heterocycles. The molecule has 0 aliphatic carbocycles. The van der Waals surface area contributed by atoms with Crippen molar-refractivity contribution in [2.45, 2.75) is 19.4 Å². The second kappa shape index (κ2) is 9.38. The summed E-state index contributed by atoms with van der Waals surface area (Å²) in [6, 6.07) is 8.45. The van der Waals surface area contributed by atoms with E-state index in [1.807, 2.05) is 30.3 Å². The standard InChI is InChI=1S/C15H21N3O4/c1-3-22-15(21)18-12(9-11-7-5-4-6-8-11)14(20)17-10-13(19)16-2/h4-8,12H,3,9-10H2,1-2H3,(H,16,19)(H,17,20)(H,18,21). The summed E-state index contributed by atoms with van der Waals surface area (Å²) in [6.07, 6.45) is -0.363. The maximum absolute atomic E-state index is 12.1. The molecule has 0 spiro atoms. The van der Waals surface area contributed by atoms with E-state index in [0.717, 1.165) is 5.56 Å². The molecule has 0 aliphatic heterocycles. The first-order valence-electron chi connectivity index (χ1n) is 7.02. The van der Waals surface area contributed by atoms with Crippen molar-refractivity contribution in [1.82, 2.24) is 16.0 Å². The molecule has 0 heterocycles. The second-order valence-electron chi connectivity index (χ2n) is 4.50. The molecule has 3 N–H and O–H groups in total. The number of carbonyl (C=O) groups excluding carboxylic acids is 3. The average molecular weight is 307 g/mol. The van der Waals surface area contributed by atoms with Crippen LogP contribution in [0.5, 0.6) is 0 Å². The van der Waals surface area contributed by atoms with Crippen LogP contribution in [0.25, 0.3) is 0 Å². The summed E-state index contributed by atoms with van der Waals surface area (Å²) in [5, 5.41) is 7.39. The van der Waals surface area contributed by atoms with Crippen molar-refractivity contribution in [2.75, 3.05) is 20.2 Å². The molecule has 1 rings (SSSR count). The number of alkyl carbamates (subject to hydrolysis) is 1. The zero-order chi connectivity index (χ0) is 16.4. The molecule has 1 atom stereocenters. The third-order valence-corrected chi connectivity index (χ3v) is 2.87. The Morgan fingerprint density at radius 3 is 2.45 bits per heavy atom. The number of rotatable bonds is 7. The van der Waals surface area contributed by atoms with Gasteiger partial charge in [0.2, 0.25) is 11.8 Å². The van der Waals surface area contributed by atoms with Crippen LogP contribution in [0.2, 0.25) is 0 Å². The molecule has 22 heavy (non-hydrogen) atoms. The SMILES string of the molecule is CCOC(=O)NC(Cc1ccccc1)C(=O)NCC(=O)NC. The number of nitrogens with one attached hydrogen (secondary N) is 3. The fraction of sp³-hybridized carbons (Fsp3) is 0.400. The van der Waals surface area contributed by atoms with Gasteiger partial charge in [0.25, 0.3) is 0 Å². The highest BCUT2D eigenvalue weighted by molar-refractivity contribution is 5.89. The van der Waals surface area contributed by atoms with Crippen LogP contribution in [0.3, 0.4) is 0 Å². The van der Waals surface area contributed by atoms with Crippen LogP contribution >= 0.6 is 0 Å². The highest BCUT2D eigenvalue weighted by Crippen LogP contribution is 2.04. The van der Waals surface area contributed by atoms with E-state index in [1.54, 1.807) is 6.92 Å². The van der Waals surface area contributed by atoms with Gasteiger partial charge < -0.3 is 20.7 Å². The van der Waals surface area contributed by atoms with Crippen LogP contribution in [0.15, 0.2) is 30.3 Å². The Kier molecular flexibility index (Phi) is 7.45. The third-order valence-electron chi connectivity index (χ3n) is 2.87. The van der Waals surface area contributed by atoms with Gasteiger partial charge in [0.1, 0.15) is 6.04 Å². The lowest BCUT2D eigenvalue weighted by Crippen LogP contribution is -2.50. The molecule has 0 aromatic heterocycles.